The predicted molar refractivity (Wildman–Crippen MR) is 137 cm³/mol. The van der Waals surface area contributed by atoms with Crippen LogP contribution in [0.5, 0.6) is 5.75 Å². The third-order valence-electron chi connectivity index (χ3n) is 5.95. The van der Waals surface area contributed by atoms with Crippen LogP contribution in [0.15, 0.2) is 66.1 Å². The topological polar surface area (TPSA) is 98.1 Å². The van der Waals surface area contributed by atoms with Crippen LogP contribution < -0.4 is 15.4 Å². The number of nitrogens with zero attached hydrogens (tertiary/aromatic N) is 3. The lowest BCUT2D eigenvalue weighted by atomic mass is 9.89. The van der Waals surface area contributed by atoms with Crippen molar-refractivity contribution in [2.45, 2.75) is 43.5 Å². The fourth-order valence-corrected chi connectivity index (χ4v) is 4.97. The number of carbonyl (C=O) groups excluding carboxylic acids is 2. The van der Waals surface area contributed by atoms with Crippen molar-refractivity contribution in [1.29, 1.82) is 0 Å². The average molecular weight is 494 g/mol. The van der Waals surface area contributed by atoms with Gasteiger partial charge in [0.05, 0.1) is 17.9 Å². The van der Waals surface area contributed by atoms with Crippen molar-refractivity contribution < 1.29 is 14.3 Å². The SMILES string of the molecule is O=C(CSc1ccccc1C(=O)Nc1cccc(OCCn2cncn2)c1)NCC1CCCCC1. The number of nitrogens with one attached hydrogen (secondary N) is 2. The van der Waals surface area contributed by atoms with E-state index in [4.69, 9.17) is 4.74 Å². The van der Waals surface area contributed by atoms with Crippen LogP contribution in [0.1, 0.15) is 42.5 Å². The Labute approximate surface area is 209 Å². The molecule has 0 atom stereocenters. The van der Waals surface area contributed by atoms with Gasteiger partial charge < -0.3 is 15.4 Å². The lowest BCUT2D eigenvalue weighted by Gasteiger charge is -2.21. The number of aromatic nitrogens is 3. The van der Waals surface area contributed by atoms with Crippen molar-refractivity contribution in [2.24, 2.45) is 5.92 Å². The maximum absolute atomic E-state index is 13.0. The zero-order chi connectivity index (χ0) is 24.3. The molecule has 1 aromatic heterocycles. The number of anilines is 1. The minimum Gasteiger partial charge on any atom is -0.492 e. The number of ether oxygens (including phenoxy) is 1. The average Bonchev–Trinajstić information content (AvgIpc) is 3.41. The van der Waals surface area contributed by atoms with Gasteiger partial charge in [0.15, 0.2) is 0 Å². The van der Waals surface area contributed by atoms with Crippen LogP contribution in [0.2, 0.25) is 0 Å². The maximum atomic E-state index is 13.0. The molecule has 3 aromatic rings. The first-order valence-corrected chi connectivity index (χ1v) is 13.0. The second-order valence-electron chi connectivity index (χ2n) is 8.58. The number of hydrogen-bond donors (Lipinski definition) is 2. The van der Waals surface area contributed by atoms with Gasteiger partial charge in [0.1, 0.15) is 25.0 Å². The molecule has 0 bridgehead atoms. The second kappa shape index (κ2) is 12.9. The number of hydrogen-bond acceptors (Lipinski definition) is 6. The van der Waals surface area contributed by atoms with Crippen molar-refractivity contribution in [3.63, 3.8) is 0 Å². The Morgan fingerprint density at radius 3 is 2.77 bits per heavy atom. The quantitative estimate of drug-likeness (QED) is 0.384. The van der Waals surface area contributed by atoms with Crippen LogP contribution >= 0.6 is 11.8 Å². The number of benzene rings is 2. The minimum absolute atomic E-state index is 0.00604. The van der Waals surface area contributed by atoms with Crippen molar-refractivity contribution in [3.05, 3.63) is 66.7 Å². The zero-order valence-corrected chi connectivity index (χ0v) is 20.5. The molecular formula is C26H31N5O3S. The van der Waals surface area contributed by atoms with Crippen LogP contribution in [0, 0.1) is 5.92 Å². The molecule has 4 rings (SSSR count). The smallest absolute Gasteiger partial charge is 0.256 e. The molecule has 0 saturated heterocycles. The Kier molecular flexibility index (Phi) is 9.17. The minimum atomic E-state index is -0.226. The summed E-state index contributed by atoms with van der Waals surface area (Å²) in [5.74, 6) is 1.31. The summed E-state index contributed by atoms with van der Waals surface area (Å²) in [5.41, 5.74) is 1.17. The molecule has 2 aromatic carbocycles. The van der Waals surface area contributed by atoms with E-state index in [0.717, 1.165) is 11.4 Å². The van der Waals surface area contributed by atoms with Gasteiger partial charge in [0.2, 0.25) is 5.91 Å². The Bertz CT molecular complexity index is 1100. The molecule has 1 aliphatic carbocycles. The van der Waals surface area contributed by atoms with E-state index in [0.29, 0.717) is 36.1 Å². The van der Waals surface area contributed by atoms with E-state index >= 15 is 0 Å². The summed E-state index contributed by atoms with van der Waals surface area (Å²) >= 11 is 1.38. The molecule has 0 radical (unpaired) electrons. The van der Waals surface area contributed by atoms with Crippen LogP contribution in [0.4, 0.5) is 5.69 Å². The summed E-state index contributed by atoms with van der Waals surface area (Å²) in [4.78, 5) is 30.1. The highest BCUT2D eigenvalue weighted by Crippen LogP contribution is 2.25. The second-order valence-corrected chi connectivity index (χ2v) is 9.60. The van der Waals surface area contributed by atoms with Gasteiger partial charge in [0, 0.05) is 23.2 Å². The number of amides is 2. The molecule has 1 saturated carbocycles. The number of rotatable bonds is 11. The van der Waals surface area contributed by atoms with Crippen LogP contribution in [-0.4, -0.2) is 45.5 Å². The van der Waals surface area contributed by atoms with Gasteiger partial charge >= 0.3 is 0 Å². The molecule has 1 aliphatic rings. The molecule has 1 heterocycles. The molecule has 2 amide bonds. The highest BCUT2D eigenvalue weighted by molar-refractivity contribution is 8.00. The van der Waals surface area contributed by atoms with Crippen LogP contribution in [-0.2, 0) is 11.3 Å². The lowest BCUT2D eigenvalue weighted by molar-refractivity contribution is -0.118. The fraction of sp³-hybridized carbons (Fsp3) is 0.385. The normalized spacial score (nSPS) is 13.8. The summed E-state index contributed by atoms with van der Waals surface area (Å²) in [6, 6.07) is 14.6. The monoisotopic (exact) mass is 493 g/mol. The van der Waals surface area contributed by atoms with Crippen LogP contribution in [0.3, 0.4) is 0 Å². The largest absolute Gasteiger partial charge is 0.492 e. The van der Waals surface area contributed by atoms with E-state index in [-0.39, 0.29) is 17.6 Å². The molecule has 8 nitrogen and oxygen atoms in total. The Morgan fingerprint density at radius 2 is 1.94 bits per heavy atom. The first kappa shape index (κ1) is 24.8. The van der Waals surface area contributed by atoms with E-state index in [1.165, 1.54) is 50.2 Å². The summed E-state index contributed by atoms with van der Waals surface area (Å²) in [7, 11) is 0. The van der Waals surface area contributed by atoms with E-state index in [1.807, 2.05) is 36.4 Å². The van der Waals surface area contributed by atoms with Crippen LogP contribution in [0.25, 0.3) is 0 Å². The number of thioether (sulfide) groups is 1. The predicted octanol–water partition coefficient (Wildman–Crippen LogP) is 4.40. The number of carbonyl (C=O) groups is 2. The Morgan fingerprint density at radius 1 is 1.09 bits per heavy atom. The molecule has 35 heavy (non-hydrogen) atoms. The third kappa shape index (κ3) is 7.85. The van der Waals surface area contributed by atoms with Gasteiger partial charge in [-0.25, -0.2) is 9.67 Å². The van der Waals surface area contributed by atoms with Crippen molar-refractivity contribution in [3.8, 4) is 5.75 Å². The summed E-state index contributed by atoms with van der Waals surface area (Å²) in [5, 5.41) is 10.0. The Balaban J connectivity index is 1.28. The van der Waals surface area contributed by atoms with Crippen molar-refractivity contribution in [1.82, 2.24) is 20.1 Å². The van der Waals surface area contributed by atoms with Gasteiger partial charge in [-0.15, -0.1) is 11.8 Å². The molecule has 0 aliphatic heterocycles. The van der Waals surface area contributed by atoms with E-state index in [2.05, 4.69) is 20.7 Å². The molecule has 184 valence electrons. The maximum Gasteiger partial charge on any atom is 0.256 e. The molecule has 9 heteroatoms. The highest BCUT2D eigenvalue weighted by atomic mass is 32.2. The molecule has 2 N–H and O–H groups in total. The fourth-order valence-electron chi connectivity index (χ4n) is 4.09. The molecule has 0 spiro atoms. The van der Waals surface area contributed by atoms with Gasteiger partial charge in [-0.1, -0.05) is 37.5 Å². The Hall–Kier alpha value is -3.33. The van der Waals surface area contributed by atoms with Gasteiger partial charge in [-0.3, -0.25) is 9.59 Å². The molecule has 0 unspecified atom stereocenters. The van der Waals surface area contributed by atoms with Gasteiger partial charge in [-0.05, 0) is 43.0 Å². The van der Waals surface area contributed by atoms with E-state index in [1.54, 1.807) is 23.1 Å². The molecular weight excluding hydrogens is 462 g/mol. The highest BCUT2D eigenvalue weighted by Gasteiger charge is 2.16. The zero-order valence-electron chi connectivity index (χ0n) is 19.7. The lowest BCUT2D eigenvalue weighted by Crippen LogP contribution is -2.31. The first-order valence-electron chi connectivity index (χ1n) is 12.0. The van der Waals surface area contributed by atoms with Crippen molar-refractivity contribution in [2.75, 3.05) is 24.2 Å². The third-order valence-corrected chi connectivity index (χ3v) is 7.02. The van der Waals surface area contributed by atoms with Gasteiger partial charge in [-0.2, -0.15) is 5.10 Å². The summed E-state index contributed by atoms with van der Waals surface area (Å²) in [6.07, 6.45) is 9.34. The van der Waals surface area contributed by atoms with E-state index < -0.39 is 0 Å². The standard InChI is InChI=1S/C26H31N5O3S/c32-25(28-16-20-7-2-1-3-8-20)17-35-24-12-5-4-11-23(24)26(33)30-21-9-6-10-22(15-21)34-14-13-31-19-27-18-29-31/h4-6,9-12,15,18-20H,1-3,7-8,13-14,16-17H2,(H,28,32)(H,30,33). The van der Waals surface area contributed by atoms with E-state index in [9.17, 15) is 9.59 Å². The van der Waals surface area contributed by atoms with Crippen molar-refractivity contribution >= 4 is 29.3 Å². The first-order chi connectivity index (χ1) is 17.2. The van der Waals surface area contributed by atoms with Gasteiger partial charge in [0.25, 0.3) is 5.91 Å². The summed E-state index contributed by atoms with van der Waals surface area (Å²) < 4.78 is 7.47. The summed E-state index contributed by atoms with van der Waals surface area (Å²) in [6.45, 7) is 1.76. The molecule has 1 fully saturated rings.